The molecule has 4 heteroatoms. The van der Waals surface area contributed by atoms with Gasteiger partial charge in [-0.05, 0) is 12.6 Å². The van der Waals surface area contributed by atoms with E-state index in [1.54, 1.807) is 14.2 Å². The molecule has 1 aromatic carbocycles. The molecule has 0 aliphatic carbocycles. The van der Waals surface area contributed by atoms with E-state index in [1.165, 1.54) is 5.56 Å². The number of rotatable bonds is 4. The molecular formula is C14H22N2O2. The first kappa shape index (κ1) is 13.2. The average molecular weight is 250 g/mol. The van der Waals surface area contributed by atoms with Crippen molar-refractivity contribution in [2.75, 3.05) is 40.4 Å². The van der Waals surface area contributed by atoms with Crippen molar-refractivity contribution in [1.29, 1.82) is 0 Å². The molecule has 1 unspecified atom stereocenters. The van der Waals surface area contributed by atoms with Gasteiger partial charge in [-0.2, -0.15) is 0 Å². The number of piperazine rings is 1. The van der Waals surface area contributed by atoms with Gasteiger partial charge in [0.1, 0.15) is 11.5 Å². The van der Waals surface area contributed by atoms with Crippen molar-refractivity contribution in [2.45, 2.75) is 13.0 Å². The molecule has 1 aliphatic heterocycles. The number of hydrogen-bond donors (Lipinski definition) is 1. The van der Waals surface area contributed by atoms with Gasteiger partial charge in [-0.15, -0.1) is 0 Å². The van der Waals surface area contributed by atoms with Crippen molar-refractivity contribution < 1.29 is 9.47 Å². The molecule has 0 saturated carbocycles. The zero-order valence-electron chi connectivity index (χ0n) is 11.4. The number of ether oxygens (including phenoxy) is 2. The fourth-order valence-electron chi connectivity index (χ4n) is 2.53. The number of nitrogens with one attached hydrogen (secondary N) is 1. The van der Waals surface area contributed by atoms with E-state index in [-0.39, 0.29) is 0 Å². The van der Waals surface area contributed by atoms with Crippen LogP contribution in [0.4, 0.5) is 0 Å². The summed E-state index contributed by atoms with van der Waals surface area (Å²) in [6.45, 7) is 6.37. The van der Waals surface area contributed by atoms with Crippen molar-refractivity contribution in [3.8, 4) is 11.5 Å². The van der Waals surface area contributed by atoms with E-state index in [2.05, 4.69) is 23.2 Å². The lowest BCUT2D eigenvalue weighted by molar-refractivity contribution is 0.167. The van der Waals surface area contributed by atoms with E-state index < -0.39 is 0 Å². The SMILES string of the molecule is CCN1CCNCC1c1ccc(OC)cc1OC. The maximum Gasteiger partial charge on any atom is 0.127 e. The van der Waals surface area contributed by atoms with Gasteiger partial charge in [-0.25, -0.2) is 0 Å². The van der Waals surface area contributed by atoms with Crippen LogP contribution in [0.15, 0.2) is 18.2 Å². The van der Waals surface area contributed by atoms with E-state index in [0.29, 0.717) is 6.04 Å². The fraction of sp³-hybridized carbons (Fsp3) is 0.571. The van der Waals surface area contributed by atoms with Crippen LogP contribution >= 0.6 is 0 Å². The normalized spacial score (nSPS) is 20.7. The van der Waals surface area contributed by atoms with Gasteiger partial charge in [-0.3, -0.25) is 4.90 Å². The van der Waals surface area contributed by atoms with Crippen molar-refractivity contribution in [1.82, 2.24) is 10.2 Å². The van der Waals surface area contributed by atoms with Crippen LogP contribution in [0, 0.1) is 0 Å². The van der Waals surface area contributed by atoms with E-state index in [1.807, 2.05) is 12.1 Å². The fourth-order valence-corrected chi connectivity index (χ4v) is 2.53. The van der Waals surface area contributed by atoms with Gasteiger partial charge in [0.25, 0.3) is 0 Å². The highest BCUT2D eigenvalue weighted by atomic mass is 16.5. The highest BCUT2D eigenvalue weighted by Gasteiger charge is 2.25. The van der Waals surface area contributed by atoms with Crippen LogP contribution < -0.4 is 14.8 Å². The average Bonchev–Trinajstić information content (AvgIpc) is 2.46. The molecule has 1 aliphatic rings. The molecule has 0 amide bonds. The van der Waals surface area contributed by atoms with Gasteiger partial charge in [0.05, 0.1) is 20.3 Å². The third-order valence-electron chi connectivity index (χ3n) is 3.56. The second-order valence-electron chi connectivity index (χ2n) is 4.46. The summed E-state index contributed by atoms with van der Waals surface area (Å²) in [6.07, 6.45) is 0. The first-order valence-electron chi connectivity index (χ1n) is 6.46. The minimum Gasteiger partial charge on any atom is -0.497 e. The Labute approximate surface area is 109 Å². The van der Waals surface area contributed by atoms with Crippen LogP contribution in [0.1, 0.15) is 18.5 Å². The Kier molecular flexibility index (Phi) is 4.44. The molecule has 1 atom stereocenters. The summed E-state index contributed by atoms with van der Waals surface area (Å²) < 4.78 is 10.7. The van der Waals surface area contributed by atoms with Crippen LogP contribution in [0.3, 0.4) is 0 Å². The Morgan fingerprint density at radius 3 is 2.83 bits per heavy atom. The molecular weight excluding hydrogens is 228 g/mol. The van der Waals surface area contributed by atoms with E-state index in [4.69, 9.17) is 9.47 Å². The van der Waals surface area contributed by atoms with Gasteiger partial charge in [0.2, 0.25) is 0 Å². The molecule has 0 radical (unpaired) electrons. The van der Waals surface area contributed by atoms with E-state index >= 15 is 0 Å². The first-order valence-corrected chi connectivity index (χ1v) is 6.46. The molecule has 100 valence electrons. The Bertz CT molecular complexity index is 395. The summed E-state index contributed by atoms with van der Waals surface area (Å²) in [7, 11) is 3.39. The summed E-state index contributed by atoms with van der Waals surface area (Å²) in [5, 5.41) is 3.45. The van der Waals surface area contributed by atoms with Crippen LogP contribution in [0.25, 0.3) is 0 Å². The summed E-state index contributed by atoms with van der Waals surface area (Å²) in [6, 6.07) is 6.44. The van der Waals surface area contributed by atoms with Gasteiger partial charge >= 0.3 is 0 Å². The monoisotopic (exact) mass is 250 g/mol. The van der Waals surface area contributed by atoms with Crippen LogP contribution in [0.5, 0.6) is 11.5 Å². The van der Waals surface area contributed by atoms with Gasteiger partial charge in [0, 0.05) is 31.3 Å². The molecule has 0 spiro atoms. The largest absolute Gasteiger partial charge is 0.497 e. The van der Waals surface area contributed by atoms with Crippen molar-refractivity contribution >= 4 is 0 Å². The Balaban J connectivity index is 2.30. The number of methoxy groups -OCH3 is 2. The van der Waals surface area contributed by atoms with Crippen molar-refractivity contribution in [3.05, 3.63) is 23.8 Å². The maximum absolute atomic E-state index is 5.50. The molecule has 1 heterocycles. The second kappa shape index (κ2) is 6.07. The summed E-state index contributed by atoms with van der Waals surface area (Å²) in [4.78, 5) is 2.47. The Hall–Kier alpha value is -1.26. The minimum absolute atomic E-state index is 0.379. The lowest BCUT2D eigenvalue weighted by atomic mass is 10.0. The molecule has 18 heavy (non-hydrogen) atoms. The van der Waals surface area contributed by atoms with Crippen LogP contribution in [0.2, 0.25) is 0 Å². The maximum atomic E-state index is 5.50. The van der Waals surface area contributed by atoms with Gasteiger partial charge in [0.15, 0.2) is 0 Å². The third kappa shape index (κ3) is 2.60. The third-order valence-corrected chi connectivity index (χ3v) is 3.56. The van der Waals surface area contributed by atoms with E-state index in [9.17, 15) is 0 Å². The highest BCUT2D eigenvalue weighted by molar-refractivity contribution is 5.42. The Morgan fingerprint density at radius 2 is 2.17 bits per heavy atom. The molecule has 1 saturated heterocycles. The minimum atomic E-state index is 0.379. The molecule has 2 rings (SSSR count). The molecule has 0 aromatic heterocycles. The predicted molar refractivity (Wildman–Crippen MR) is 72.4 cm³/mol. The number of nitrogens with zero attached hydrogens (tertiary/aromatic N) is 1. The lowest BCUT2D eigenvalue weighted by Gasteiger charge is -2.36. The van der Waals surface area contributed by atoms with Gasteiger partial charge < -0.3 is 14.8 Å². The number of hydrogen-bond acceptors (Lipinski definition) is 4. The molecule has 1 aromatic rings. The predicted octanol–water partition coefficient (Wildman–Crippen LogP) is 1.67. The molecule has 4 nitrogen and oxygen atoms in total. The summed E-state index contributed by atoms with van der Waals surface area (Å²) in [5.41, 5.74) is 1.23. The zero-order valence-corrected chi connectivity index (χ0v) is 11.4. The van der Waals surface area contributed by atoms with Crippen molar-refractivity contribution in [2.24, 2.45) is 0 Å². The van der Waals surface area contributed by atoms with Crippen molar-refractivity contribution in [3.63, 3.8) is 0 Å². The standard InChI is InChI=1S/C14H22N2O2/c1-4-16-8-7-15-10-13(16)12-6-5-11(17-2)9-14(12)18-3/h5-6,9,13,15H,4,7-8,10H2,1-3H3. The number of benzene rings is 1. The second-order valence-corrected chi connectivity index (χ2v) is 4.46. The van der Waals surface area contributed by atoms with Crippen LogP contribution in [-0.4, -0.2) is 45.3 Å². The zero-order chi connectivity index (χ0) is 13.0. The topological polar surface area (TPSA) is 33.7 Å². The molecule has 1 N–H and O–H groups in total. The molecule has 1 fully saturated rings. The Morgan fingerprint density at radius 1 is 1.33 bits per heavy atom. The van der Waals surface area contributed by atoms with Crippen LogP contribution in [-0.2, 0) is 0 Å². The first-order chi connectivity index (χ1) is 8.80. The summed E-state index contributed by atoms with van der Waals surface area (Å²) >= 11 is 0. The molecule has 0 bridgehead atoms. The van der Waals surface area contributed by atoms with E-state index in [0.717, 1.165) is 37.7 Å². The smallest absolute Gasteiger partial charge is 0.127 e. The van der Waals surface area contributed by atoms with Gasteiger partial charge in [-0.1, -0.05) is 13.0 Å². The summed E-state index contributed by atoms with van der Waals surface area (Å²) in [5.74, 6) is 1.74. The lowest BCUT2D eigenvalue weighted by Crippen LogP contribution is -2.45. The highest BCUT2D eigenvalue weighted by Crippen LogP contribution is 2.33. The quantitative estimate of drug-likeness (QED) is 0.881. The number of likely N-dealkylation sites (N-methyl/N-ethyl adjacent to an activating group) is 1.